The van der Waals surface area contributed by atoms with Crippen LogP contribution in [0.2, 0.25) is 0 Å². The van der Waals surface area contributed by atoms with Gasteiger partial charge in [-0.2, -0.15) is 0 Å². The van der Waals surface area contributed by atoms with Crippen LogP contribution in [0.1, 0.15) is 11.1 Å². The Bertz CT molecular complexity index is 1080. The Morgan fingerprint density at radius 3 is 2.61 bits per heavy atom. The van der Waals surface area contributed by atoms with E-state index in [1.807, 2.05) is 4.90 Å². The number of rotatable bonds is 5. The molecule has 4 rings (SSSR count). The second-order valence-corrected chi connectivity index (χ2v) is 7.08. The summed E-state index contributed by atoms with van der Waals surface area (Å²) in [6, 6.07) is 9.81. The maximum absolute atomic E-state index is 13.9. The Morgan fingerprint density at radius 1 is 1.16 bits per heavy atom. The van der Waals surface area contributed by atoms with Crippen LogP contribution in [0.25, 0.3) is 6.08 Å². The Balaban J connectivity index is 1.58. The molecule has 2 aromatic rings. The van der Waals surface area contributed by atoms with Gasteiger partial charge in [0, 0.05) is 24.7 Å². The van der Waals surface area contributed by atoms with E-state index in [1.165, 1.54) is 30.3 Å². The molecule has 31 heavy (non-hydrogen) atoms. The third kappa shape index (κ3) is 4.24. The van der Waals surface area contributed by atoms with Crippen molar-refractivity contribution >= 4 is 29.4 Å². The summed E-state index contributed by atoms with van der Waals surface area (Å²) < 4.78 is 19.2. The molecule has 0 radical (unpaired) electrons. The summed E-state index contributed by atoms with van der Waals surface area (Å²) in [5.41, 5.74) is 0.933. The van der Waals surface area contributed by atoms with Gasteiger partial charge < -0.3 is 15.0 Å². The molecule has 160 valence electrons. The largest absolute Gasteiger partial charge is 0.378 e. The first kappa shape index (κ1) is 20.5. The monoisotopic (exact) mass is 426 g/mol. The van der Waals surface area contributed by atoms with Crippen molar-refractivity contribution < 1.29 is 23.6 Å². The molecule has 1 N–H and O–H groups in total. The summed E-state index contributed by atoms with van der Waals surface area (Å²) in [6.07, 6.45) is 1.37. The summed E-state index contributed by atoms with van der Waals surface area (Å²) in [6.45, 7) is 1.84. The van der Waals surface area contributed by atoms with Gasteiger partial charge in [0.1, 0.15) is 17.2 Å². The fourth-order valence-electron chi connectivity index (χ4n) is 3.53. The zero-order valence-electron chi connectivity index (χ0n) is 16.4. The molecule has 2 fully saturated rings. The van der Waals surface area contributed by atoms with Gasteiger partial charge in [-0.15, -0.1) is 0 Å². The number of urea groups is 1. The number of nitro groups is 1. The van der Waals surface area contributed by atoms with Crippen LogP contribution in [0, 0.1) is 15.9 Å². The number of nitro benzene ring substituents is 1. The third-order valence-corrected chi connectivity index (χ3v) is 5.11. The minimum absolute atomic E-state index is 0.0326. The molecule has 2 aliphatic heterocycles. The van der Waals surface area contributed by atoms with Gasteiger partial charge in [-0.3, -0.25) is 19.8 Å². The van der Waals surface area contributed by atoms with Crippen molar-refractivity contribution in [2.45, 2.75) is 6.54 Å². The van der Waals surface area contributed by atoms with Crippen LogP contribution in [0.4, 0.5) is 20.6 Å². The number of carbonyl (C=O) groups is 2. The standard InChI is InChI=1S/C21H19FN4O5/c22-16-4-2-1-3-15(16)13-25-20(27)17(23-21(25)28)11-14-5-6-18(19(12-14)26(29)30)24-7-9-31-10-8-24/h1-6,11-12H,7-10,13H2,(H,23,28)/b17-11+. The lowest BCUT2D eigenvalue weighted by Gasteiger charge is -2.28. The number of carbonyl (C=O) groups excluding carboxylic acids is 2. The number of hydrogen-bond donors (Lipinski definition) is 1. The quantitative estimate of drug-likeness (QED) is 0.341. The molecule has 0 spiro atoms. The lowest BCUT2D eigenvalue weighted by Crippen LogP contribution is -2.36. The number of imide groups is 1. The lowest BCUT2D eigenvalue weighted by atomic mass is 10.1. The molecule has 0 saturated carbocycles. The molecule has 0 bridgehead atoms. The van der Waals surface area contributed by atoms with Gasteiger partial charge in [0.2, 0.25) is 0 Å². The van der Waals surface area contributed by atoms with E-state index in [0.29, 0.717) is 37.6 Å². The molecule has 2 aromatic carbocycles. The van der Waals surface area contributed by atoms with Crippen LogP contribution in [0.3, 0.4) is 0 Å². The summed E-state index contributed by atoms with van der Waals surface area (Å²) in [5.74, 6) is -1.15. The number of morpholine rings is 1. The molecule has 0 aromatic heterocycles. The van der Waals surface area contributed by atoms with Crippen LogP contribution in [-0.2, 0) is 16.1 Å². The van der Waals surface area contributed by atoms with Crippen LogP contribution in [0.5, 0.6) is 0 Å². The number of ether oxygens (including phenoxy) is 1. The van der Waals surface area contributed by atoms with E-state index in [4.69, 9.17) is 4.74 Å². The van der Waals surface area contributed by atoms with Gasteiger partial charge in [0.25, 0.3) is 11.6 Å². The van der Waals surface area contributed by atoms with Crippen molar-refractivity contribution in [2.24, 2.45) is 0 Å². The average Bonchev–Trinajstić information content (AvgIpc) is 3.03. The summed E-state index contributed by atoms with van der Waals surface area (Å²) in [5, 5.41) is 14.1. The predicted octanol–water partition coefficient (Wildman–Crippen LogP) is 2.66. The van der Waals surface area contributed by atoms with E-state index in [9.17, 15) is 24.1 Å². The molecule has 3 amide bonds. The Morgan fingerprint density at radius 2 is 1.90 bits per heavy atom. The van der Waals surface area contributed by atoms with E-state index in [-0.39, 0.29) is 23.5 Å². The maximum atomic E-state index is 13.9. The highest BCUT2D eigenvalue weighted by Crippen LogP contribution is 2.31. The summed E-state index contributed by atoms with van der Waals surface area (Å²) >= 11 is 0. The number of nitrogens with one attached hydrogen (secondary N) is 1. The van der Waals surface area contributed by atoms with Crippen molar-refractivity contribution in [3.63, 3.8) is 0 Å². The van der Waals surface area contributed by atoms with Crippen LogP contribution >= 0.6 is 0 Å². The molecular weight excluding hydrogens is 407 g/mol. The molecule has 2 heterocycles. The van der Waals surface area contributed by atoms with E-state index in [1.54, 1.807) is 18.2 Å². The first-order valence-electron chi connectivity index (χ1n) is 9.63. The summed E-state index contributed by atoms with van der Waals surface area (Å²) in [7, 11) is 0. The van der Waals surface area contributed by atoms with Gasteiger partial charge >= 0.3 is 6.03 Å². The molecule has 0 aliphatic carbocycles. The molecule has 9 nitrogen and oxygen atoms in total. The fourth-order valence-corrected chi connectivity index (χ4v) is 3.53. The second kappa shape index (κ2) is 8.52. The van der Waals surface area contributed by atoms with Gasteiger partial charge in [-0.1, -0.05) is 24.3 Å². The minimum Gasteiger partial charge on any atom is -0.378 e. The van der Waals surface area contributed by atoms with Crippen LogP contribution in [0.15, 0.2) is 48.2 Å². The Hall–Kier alpha value is -3.79. The Kier molecular flexibility index (Phi) is 5.63. The Labute approximate surface area is 176 Å². The number of amides is 3. The molecule has 2 saturated heterocycles. The number of hydrogen-bond acceptors (Lipinski definition) is 6. The smallest absolute Gasteiger partial charge is 0.329 e. The predicted molar refractivity (Wildman–Crippen MR) is 110 cm³/mol. The lowest BCUT2D eigenvalue weighted by molar-refractivity contribution is -0.384. The molecule has 10 heteroatoms. The SMILES string of the molecule is O=C1N/C(=C/c2ccc(N3CCOCC3)c([N+](=O)[O-])c2)C(=O)N1Cc1ccccc1F. The maximum Gasteiger partial charge on any atom is 0.329 e. The molecule has 2 aliphatic rings. The topological polar surface area (TPSA) is 105 Å². The fraction of sp³-hybridized carbons (Fsp3) is 0.238. The van der Waals surface area contributed by atoms with Gasteiger partial charge in [-0.25, -0.2) is 9.18 Å². The first-order valence-corrected chi connectivity index (χ1v) is 9.63. The van der Waals surface area contributed by atoms with Gasteiger partial charge in [0.05, 0.1) is 24.7 Å². The van der Waals surface area contributed by atoms with E-state index >= 15 is 0 Å². The number of nitrogens with zero attached hydrogens (tertiary/aromatic N) is 3. The molecule has 0 atom stereocenters. The summed E-state index contributed by atoms with van der Waals surface area (Å²) in [4.78, 5) is 38.8. The molecule has 0 unspecified atom stereocenters. The number of benzene rings is 2. The number of anilines is 1. The first-order chi connectivity index (χ1) is 14.9. The van der Waals surface area contributed by atoms with Crippen molar-refractivity contribution in [1.82, 2.24) is 10.2 Å². The normalized spacial score (nSPS) is 17.9. The van der Waals surface area contributed by atoms with Crippen LogP contribution in [-0.4, -0.2) is 48.1 Å². The third-order valence-electron chi connectivity index (χ3n) is 5.11. The van der Waals surface area contributed by atoms with E-state index in [0.717, 1.165) is 4.90 Å². The highest BCUT2D eigenvalue weighted by molar-refractivity contribution is 6.13. The highest BCUT2D eigenvalue weighted by atomic mass is 19.1. The highest BCUT2D eigenvalue weighted by Gasteiger charge is 2.34. The van der Waals surface area contributed by atoms with Crippen molar-refractivity contribution in [2.75, 3.05) is 31.2 Å². The van der Waals surface area contributed by atoms with Crippen molar-refractivity contribution in [3.8, 4) is 0 Å². The van der Waals surface area contributed by atoms with Crippen molar-refractivity contribution in [3.05, 3.63) is 75.2 Å². The van der Waals surface area contributed by atoms with Crippen LogP contribution < -0.4 is 10.2 Å². The zero-order valence-corrected chi connectivity index (χ0v) is 16.4. The number of halogens is 1. The minimum atomic E-state index is -0.682. The van der Waals surface area contributed by atoms with Gasteiger partial charge in [0.15, 0.2) is 0 Å². The van der Waals surface area contributed by atoms with E-state index in [2.05, 4.69) is 5.32 Å². The van der Waals surface area contributed by atoms with Crippen molar-refractivity contribution in [1.29, 1.82) is 0 Å². The zero-order chi connectivity index (χ0) is 22.0. The van der Waals surface area contributed by atoms with E-state index < -0.39 is 22.7 Å². The van der Waals surface area contributed by atoms with Gasteiger partial charge in [-0.05, 0) is 23.8 Å². The molecular formula is C21H19FN4O5. The second-order valence-electron chi connectivity index (χ2n) is 7.08. The average molecular weight is 426 g/mol.